The lowest BCUT2D eigenvalue weighted by atomic mass is 9.93. The van der Waals surface area contributed by atoms with Crippen LogP contribution in [-0.2, 0) is 0 Å². The lowest BCUT2D eigenvalue weighted by Crippen LogP contribution is -2.46. The molecule has 2 aliphatic rings. The number of aryl methyl sites for hydroxylation is 1. The number of carbonyl (C=O) groups is 2. The van der Waals surface area contributed by atoms with Gasteiger partial charge < -0.3 is 10.2 Å². The summed E-state index contributed by atoms with van der Waals surface area (Å²) >= 11 is 1.52. The lowest BCUT2D eigenvalue weighted by Gasteiger charge is -2.29. The van der Waals surface area contributed by atoms with Crippen LogP contribution >= 0.6 is 11.3 Å². The Balaban J connectivity index is 1.28. The monoisotopic (exact) mass is 498 g/mol. The van der Waals surface area contributed by atoms with Gasteiger partial charge in [0.15, 0.2) is 4.96 Å². The average Bonchev–Trinajstić information content (AvgIpc) is 3.63. The van der Waals surface area contributed by atoms with Crippen molar-refractivity contribution in [2.45, 2.75) is 32.7 Å². The molecule has 36 heavy (non-hydrogen) atoms. The predicted molar refractivity (Wildman–Crippen MR) is 142 cm³/mol. The van der Waals surface area contributed by atoms with Gasteiger partial charge in [0, 0.05) is 30.2 Å². The Hall–Kier alpha value is -3.45. The molecule has 2 fully saturated rings. The summed E-state index contributed by atoms with van der Waals surface area (Å²) in [5.74, 6) is 1.45. The summed E-state index contributed by atoms with van der Waals surface area (Å²) < 4.78 is 1.85. The number of carbonyl (C=O) groups excluding carboxylic acids is 2. The number of amides is 2. The molecule has 1 unspecified atom stereocenters. The molecule has 2 aromatic carbocycles. The second-order valence-corrected chi connectivity index (χ2v) is 11.1. The van der Waals surface area contributed by atoms with Gasteiger partial charge in [-0.2, -0.15) is 0 Å². The highest BCUT2D eigenvalue weighted by atomic mass is 32.1. The van der Waals surface area contributed by atoms with Crippen LogP contribution in [0.2, 0.25) is 0 Å². The Labute approximate surface area is 215 Å². The molecule has 6 nitrogen and oxygen atoms in total. The number of nitrogens with one attached hydrogen (secondary N) is 1. The fourth-order valence-electron chi connectivity index (χ4n) is 6.38. The van der Waals surface area contributed by atoms with Crippen LogP contribution in [0.3, 0.4) is 0 Å². The molecule has 0 radical (unpaired) electrons. The number of nitrogens with zero attached hydrogens (tertiary/aromatic N) is 3. The first-order valence-electron chi connectivity index (χ1n) is 12.7. The molecule has 4 aromatic rings. The molecule has 4 atom stereocenters. The van der Waals surface area contributed by atoms with E-state index in [0.29, 0.717) is 30.0 Å². The smallest absolute Gasteiger partial charge is 0.270 e. The van der Waals surface area contributed by atoms with E-state index in [2.05, 4.69) is 17.2 Å². The second kappa shape index (κ2) is 9.21. The first kappa shape index (κ1) is 23.0. The number of fused-ring (bicyclic) bond motifs is 2. The lowest BCUT2D eigenvalue weighted by molar-refractivity contribution is 0.0697. The highest BCUT2D eigenvalue weighted by Gasteiger charge is 2.48. The van der Waals surface area contributed by atoms with Crippen LogP contribution in [0.25, 0.3) is 16.1 Å². The molecular weight excluding hydrogens is 468 g/mol. The van der Waals surface area contributed by atoms with Gasteiger partial charge >= 0.3 is 0 Å². The van der Waals surface area contributed by atoms with Gasteiger partial charge in [0.25, 0.3) is 11.8 Å². The summed E-state index contributed by atoms with van der Waals surface area (Å²) in [7, 11) is 0. The number of hydrogen-bond donors (Lipinski definition) is 1. The fourth-order valence-corrected chi connectivity index (χ4v) is 7.14. The summed E-state index contributed by atoms with van der Waals surface area (Å²) in [4.78, 5) is 34.7. The number of aromatic nitrogens is 2. The fraction of sp³-hybridized carbons (Fsp3) is 0.345. The zero-order chi connectivity index (χ0) is 24.8. The zero-order valence-corrected chi connectivity index (χ0v) is 21.4. The average molecular weight is 499 g/mol. The van der Waals surface area contributed by atoms with Crippen molar-refractivity contribution in [3.05, 3.63) is 83.1 Å². The van der Waals surface area contributed by atoms with Gasteiger partial charge in [-0.1, -0.05) is 55.5 Å². The van der Waals surface area contributed by atoms with Gasteiger partial charge in [0.2, 0.25) is 0 Å². The maximum absolute atomic E-state index is 14.0. The van der Waals surface area contributed by atoms with Crippen molar-refractivity contribution in [2.24, 2.45) is 17.8 Å². The second-order valence-electron chi connectivity index (χ2n) is 10.2. The van der Waals surface area contributed by atoms with E-state index < -0.39 is 0 Å². The van der Waals surface area contributed by atoms with Gasteiger partial charge in [0.1, 0.15) is 5.69 Å². The molecule has 1 aliphatic carbocycles. The van der Waals surface area contributed by atoms with Gasteiger partial charge in [-0.15, -0.1) is 11.3 Å². The molecule has 1 N–H and O–H groups in total. The minimum atomic E-state index is -0.134. The van der Waals surface area contributed by atoms with Crippen molar-refractivity contribution in [1.29, 1.82) is 0 Å². The van der Waals surface area contributed by atoms with Crippen LogP contribution < -0.4 is 5.32 Å². The highest BCUT2D eigenvalue weighted by Crippen LogP contribution is 2.45. The standard InChI is InChI=1S/C29H30N4O2S/c1-18-14-21-17-33(28(35)23-11-7-6-10-22(23)20-8-4-3-5-9-20)25(24(21)15-18)16-30-27(34)26-19(2)31-29-32(26)12-13-36-29/h3-13,18,21,24-25H,14-17H2,1-2H3,(H,30,34)/t18?,21-,24-,25+/m0/s1. The molecule has 0 bridgehead atoms. The third kappa shape index (κ3) is 3.91. The maximum Gasteiger partial charge on any atom is 0.270 e. The van der Waals surface area contributed by atoms with Crippen molar-refractivity contribution in [2.75, 3.05) is 13.1 Å². The third-order valence-corrected chi connectivity index (χ3v) is 8.69. The van der Waals surface area contributed by atoms with E-state index in [0.717, 1.165) is 46.7 Å². The van der Waals surface area contributed by atoms with Crippen molar-refractivity contribution in [1.82, 2.24) is 19.6 Å². The molecule has 1 saturated carbocycles. The SMILES string of the molecule is Cc1nc2sccn2c1C(=O)NC[C@@H]1[C@H]2CC(C)C[C@H]2CN1C(=O)c1ccccc1-c1ccccc1. The molecule has 3 heterocycles. The molecule has 7 heteroatoms. The van der Waals surface area contributed by atoms with E-state index in [1.807, 2.05) is 82.4 Å². The number of benzene rings is 2. The number of hydrogen-bond acceptors (Lipinski definition) is 4. The molecule has 184 valence electrons. The van der Waals surface area contributed by atoms with E-state index >= 15 is 0 Å². The molecule has 2 aromatic heterocycles. The van der Waals surface area contributed by atoms with Gasteiger partial charge in [-0.25, -0.2) is 4.98 Å². The van der Waals surface area contributed by atoms with Crippen molar-refractivity contribution in [3.8, 4) is 11.1 Å². The maximum atomic E-state index is 14.0. The molecule has 2 amide bonds. The molecule has 1 aliphatic heterocycles. The van der Waals surface area contributed by atoms with E-state index in [1.54, 1.807) is 0 Å². The Morgan fingerprint density at radius 1 is 1.08 bits per heavy atom. The van der Waals surface area contributed by atoms with Crippen LogP contribution in [0.15, 0.2) is 66.2 Å². The molecular formula is C29H30N4O2S. The van der Waals surface area contributed by atoms with Crippen LogP contribution in [0.1, 0.15) is 46.3 Å². The van der Waals surface area contributed by atoms with Gasteiger partial charge in [-0.3, -0.25) is 14.0 Å². The minimum Gasteiger partial charge on any atom is -0.349 e. The number of imidazole rings is 1. The summed E-state index contributed by atoms with van der Waals surface area (Å²) in [5.41, 5.74) is 4.01. The Kier molecular flexibility index (Phi) is 5.88. The highest BCUT2D eigenvalue weighted by molar-refractivity contribution is 7.15. The van der Waals surface area contributed by atoms with Crippen LogP contribution in [0, 0.1) is 24.7 Å². The summed E-state index contributed by atoms with van der Waals surface area (Å²) in [5, 5.41) is 5.11. The number of thiazole rings is 1. The van der Waals surface area contributed by atoms with Gasteiger partial charge in [-0.05, 0) is 54.7 Å². The van der Waals surface area contributed by atoms with Crippen molar-refractivity contribution in [3.63, 3.8) is 0 Å². The Morgan fingerprint density at radius 2 is 1.86 bits per heavy atom. The van der Waals surface area contributed by atoms with E-state index in [1.165, 1.54) is 11.3 Å². The minimum absolute atomic E-state index is 0.0218. The van der Waals surface area contributed by atoms with Gasteiger partial charge in [0.05, 0.1) is 11.7 Å². The van der Waals surface area contributed by atoms with Crippen LogP contribution in [-0.4, -0.2) is 45.2 Å². The zero-order valence-electron chi connectivity index (χ0n) is 20.6. The quantitative estimate of drug-likeness (QED) is 0.407. The first-order valence-corrected chi connectivity index (χ1v) is 13.5. The number of likely N-dealkylation sites (tertiary alicyclic amines) is 1. The largest absolute Gasteiger partial charge is 0.349 e. The summed E-state index contributed by atoms with van der Waals surface area (Å²) in [6, 6.07) is 17.9. The third-order valence-electron chi connectivity index (χ3n) is 7.94. The predicted octanol–water partition coefficient (Wildman–Crippen LogP) is 5.29. The van der Waals surface area contributed by atoms with Crippen molar-refractivity contribution >= 4 is 28.1 Å². The van der Waals surface area contributed by atoms with E-state index in [-0.39, 0.29) is 17.9 Å². The van der Waals surface area contributed by atoms with Crippen molar-refractivity contribution < 1.29 is 9.59 Å². The normalized spacial score (nSPS) is 23.2. The van der Waals surface area contributed by atoms with E-state index in [4.69, 9.17) is 0 Å². The first-order chi connectivity index (χ1) is 17.5. The molecule has 6 rings (SSSR count). The van der Waals surface area contributed by atoms with Crippen LogP contribution in [0.5, 0.6) is 0 Å². The van der Waals surface area contributed by atoms with E-state index in [9.17, 15) is 9.59 Å². The topological polar surface area (TPSA) is 66.7 Å². The summed E-state index contributed by atoms with van der Waals surface area (Å²) in [6.07, 6.45) is 4.11. The Morgan fingerprint density at radius 3 is 2.69 bits per heavy atom. The molecule has 0 spiro atoms. The Bertz CT molecular complexity index is 1430. The summed E-state index contributed by atoms with van der Waals surface area (Å²) in [6.45, 7) is 5.36. The number of rotatable bonds is 5. The van der Waals surface area contributed by atoms with Crippen LogP contribution in [0.4, 0.5) is 0 Å². The molecule has 1 saturated heterocycles.